The lowest BCUT2D eigenvalue weighted by atomic mass is 10.1. The molecule has 0 unspecified atom stereocenters. The van der Waals surface area contributed by atoms with Crippen LogP contribution in [0.1, 0.15) is 12.8 Å². The van der Waals surface area contributed by atoms with Crippen LogP contribution in [-0.4, -0.2) is 70.9 Å². The first-order chi connectivity index (χ1) is 7.65. The van der Waals surface area contributed by atoms with Crippen LogP contribution < -0.4 is 0 Å². The van der Waals surface area contributed by atoms with Crippen LogP contribution >= 0.6 is 24.0 Å². The van der Waals surface area contributed by atoms with E-state index in [1.165, 1.54) is 6.26 Å². The van der Waals surface area contributed by atoms with Crippen LogP contribution in [0.25, 0.3) is 0 Å². The Balaban J connectivity index is 0.00000289. The Kier molecular flexibility index (Phi) is 6.39. The highest BCUT2D eigenvalue weighted by atomic mass is 127. The van der Waals surface area contributed by atoms with Gasteiger partial charge >= 0.3 is 0 Å². The Morgan fingerprint density at radius 3 is 1.89 bits per heavy atom. The Bertz CT molecular complexity index is 391. The molecule has 0 aliphatic heterocycles. The zero-order chi connectivity index (χ0) is 13.3. The molecular weight excluding hydrogens is 365 g/mol. The van der Waals surface area contributed by atoms with E-state index in [2.05, 4.69) is 4.99 Å². The van der Waals surface area contributed by atoms with Gasteiger partial charge in [0, 0.05) is 46.4 Å². The summed E-state index contributed by atoms with van der Waals surface area (Å²) in [5, 5.41) is 0. The molecule has 108 valence electrons. The van der Waals surface area contributed by atoms with Crippen molar-refractivity contribution in [1.29, 1.82) is 0 Å². The molecule has 1 rings (SSSR count). The highest BCUT2D eigenvalue weighted by molar-refractivity contribution is 14.0. The zero-order valence-corrected chi connectivity index (χ0v) is 14.9. The van der Waals surface area contributed by atoms with Crippen molar-refractivity contribution in [2.45, 2.75) is 12.8 Å². The van der Waals surface area contributed by atoms with E-state index in [-0.39, 0.29) is 35.1 Å². The molecule has 0 aromatic rings. The number of nitrogens with zero attached hydrogens (tertiary/aromatic N) is 3. The molecule has 0 spiro atoms. The topological polar surface area (TPSA) is 53.0 Å². The van der Waals surface area contributed by atoms with E-state index in [0.29, 0.717) is 6.54 Å². The van der Waals surface area contributed by atoms with Gasteiger partial charge in [0.2, 0.25) is 0 Å². The number of hydrogen-bond acceptors (Lipinski definition) is 3. The third kappa shape index (κ3) is 5.73. The van der Waals surface area contributed by atoms with Crippen molar-refractivity contribution in [1.82, 2.24) is 9.80 Å². The fraction of sp³-hybridized carbons (Fsp3) is 0.909. The Morgan fingerprint density at radius 1 is 1.17 bits per heavy atom. The maximum Gasteiger partial charge on any atom is 0.195 e. The van der Waals surface area contributed by atoms with Crippen molar-refractivity contribution < 1.29 is 8.42 Å². The molecule has 0 radical (unpaired) electrons. The standard InChI is InChI=1S/C11H23N3O2S.HI/c1-13(2)10(14(3)4)12-8-11(6-7-11)9-17(5,15)16;/h6-9H2,1-5H3;1H. The average molecular weight is 389 g/mol. The van der Waals surface area contributed by atoms with Crippen LogP contribution in [0.15, 0.2) is 4.99 Å². The lowest BCUT2D eigenvalue weighted by molar-refractivity contribution is 0.469. The van der Waals surface area contributed by atoms with Crippen molar-refractivity contribution in [3.63, 3.8) is 0 Å². The monoisotopic (exact) mass is 389 g/mol. The first kappa shape index (κ1) is 17.9. The molecular formula is C11H24IN3O2S. The van der Waals surface area contributed by atoms with Gasteiger partial charge in [-0.25, -0.2) is 8.42 Å². The number of guanidine groups is 1. The van der Waals surface area contributed by atoms with Gasteiger partial charge in [-0.05, 0) is 12.8 Å². The van der Waals surface area contributed by atoms with Crippen LogP contribution in [0.2, 0.25) is 0 Å². The molecule has 5 nitrogen and oxygen atoms in total. The summed E-state index contributed by atoms with van der Waals surface area (Å²) in [4.78, 5) is 8.43. The van der Waals surface area contributed by atoms with Crippen molar-refractivity contribution in [3.05, 3.63) is 0 Å². The number of aliphatic imine (C=N–C) groups is 1. The second-order valence-corrected chi connectivity index (χ2v) is 7.62. The lowest BCUT2D eigenvalue weighted by Crippen LogP contribution is -2.36. The predicted molar refractivity (Wildman–Crippen MR) is 86.5 cm³/mol. The van der Waals surface area contributed by atoms with Crippen LogP contribution in [0.4, 0.5) is 0 Å². The van der Waals surface area contributed by atoms with Crippen molar-refractivity contribution >= 4 is 39.8 Å². The van der Waals surface area contributed by atoms with E-state index >= 15 is 0 Å². The molecule has 1 fully saturated rings. The van der Waals surface area contributed by atoms with Crippen molar-refractivity contribution in [2.75, 3.05) is 46.7 Å². The normalized spacial score (nSPS) is 16.5. The molecule has 1 saturated carbocycles. The molecule has 1 aliphatic carbocycles. The fourth-order valence-electron chi connectivity index (χ4n) is 2.00. The summed E-state index contributed by atoms with van der Waals surface area (Å²) in [6.45, 7) is 0.603. The van der Waals surface area contributed by atoms with Crippen molar-refractivity contribution in [3.8, 4) is 0 Å². The first-order valence-corrected chi connectivity index (χ1v) is 7.78. The van der Waals surface area contributed by atoms with E-state index in [4.69, 9.17) is 0 Å². The summed E-state index contributed by atoms with van der Waals surface area (Å²) < 4.78 is 22.7. The van der Waals surface area contributed by atoms with Crippen LogP contribution in [0, 0.1) is 5.41 Å². The smallest absolute Gasteiger partial charge is 0.195 e. The van der Waals surface area contributed by atoms with E-state index in [1.54, 1.807) is 0 Å². The minimum Gasteiger partial charge on any atom is -0.349 e. The quantitative estimate of drug-likeness (QED) is 0.408. The minimum atomic E-state index is -2.90. The molecule has 0 saturated heterocycles. The Morgan fingerprint density at radius 2 is 1.61 bits per heavy atom. The van der Waals surface area contributed by atoms with Crippen LogP contribution in [0.3, 0.4) is 0 Å². The van der Waals surface area contributed by atoms with Gasteiger partial charge in [-0.1, -0.05) is 0 Å². The SMILES string of the molecule is CN(C)C(=NCC1(CS(C)(=O)=O)CC1)N(C)C.I. The second-order valence-electron chi connectivity index (χ2n) is 5.48. The number of halogens is 1. The van der Waals surface area contributed by atoms with Gasteiger partial charge in [-0.3, -0.25) is 4.99 Å². The second kappa shape index (κ2) is 6.40. The Hall–Kier alpha value is -0.0500. The van der Waals surface area contributed by atoms with Gasteiger partial charge in [-0.15, -0.1) is 24.0 Å². The molecule has 0 aromatic heterocycles. The van der Waals surface area contributed by atoms with Crippen molar-refractivity contribution in [2.24, 2.45) is 10.4 Å². The maximum absolute atomic E-state index is 11.3. The number of sulfone groups is 1. The van der Waals surface area contributed by atoms with Crippen LogP contribution in [0.5, 0.6) is 0 Å². The third-order valence-electron chi connectivity index (χ3n) is 2.88. The van der Waals surface area contributed by atoms with E-state index in [0.717, 1.165) is 18.8 Å². The Labute approximate surface area is 128 Å². The average Bonchev–Trinajstić information content (AvgIpc) is 2.80. The highest BCUT2D eigenvalue weighted by Crippen LogP contribution is 2.46. The van der Waals surface area contributed by atoms with Gasteiger partial charge in [-0.2, -0.15) is 0 Å². The van der Waals surface area contributed by atoms with Gasteiger partial charge < -0.3 is 9.80 Å². The molecule has 0 atom stereocenters. The summed E-state index contributed by atoms with van der Waals surface area (Å²) in [5.41, 5.74) is -0.0924. The minimum absolute atomic E-state index is 0. The summed E-state index contributed by atoms with van der Waals surface area (Å²) in [6.07, 6.45) is 3.24. The molecule has 0 bridgehead atoms. The fourth-order valence-corrected chi connectivity index (χ4v) is 3.49. The molecule has 0 heterocycles. The number of rotatable bonds is 4. The highest BCUT2D eigenvalue weighted by Gasteiger charge is 2.45. The molecule has 0 amide bonds. The van der Waals surface area contributed by atoms with E-state index in [9.17, 15) is 8.42 Å². The summed E-state index contributed by atoms with van der Waals surface area (Å²) >= 11 is 0. The molecule has 7 heteroatoms. The van der Waals surface area contributed by atoms with E-state index < -0.39 is 9.84 Å². The third-order valence-corrected chi connectivity index (χ3v) is 4.02. The maximum atomic E-state index is 11.3. The van der Waals surface area contributed by atoms with E-state index in [1.807, 2.05) is 38.0 Å². The zero-order valence-electron chi connectivity index (χ0n) is 11.8. The molecule has 0 aromatic carbocycles. The number of hydrogen-bond donors (Lipinski definition) is 0. The van der Waals surface area contributed by atoms with Gasteiger partial charge in [0.1, 0.15) is 9.84 Å². The van der Waals surface area contributed by atoms with Gasteiger partial charge in [0.25, 0.3) is 0 Å². The van der Waals surface area contributed by atoms with Gasteiger partial charge in [0.15, 0.2) is 5.96 Å². The molecule has 0 N–H and O–H groups in total. The van der Waals surface area contributed by atoms with Gasteiger partial charge in [0.05, 0.1) is 5.75 Å². The summed E-state index contributed by atoms with van der Waals surface area (Å²) in [7, 11) is 4.85. The lowest BCUT2D eigenvalue weighted by Gasteiger charge is -2.23. The van der Waals surface area contributed by atoms with Crippen LogP contribution in [-0.2, 0) is 9.84 Å². The largest absolute Gasteiger partial charge is 0.349 e. The molecule has 18 heavy (non-hydrogen) atoms. The summed E-state index contributed by atoms with van der Waals surface area (Å²) in [6, 6.07) is 0. The first-order valence-electron chi connectivity index (χ1n) is 5.72. The predicted octanol–water partition coefficient (Wildman–Crippen LogP) is 0.908. The summed E-state index contributed by atoms with van der Waals surface area (Å²) in [5.74, 6) is 1.14. The molecule has 1 aliphatic rings.